The van der Waals surface area contributed by atoms with Gasteiger partial charge in [-0.05, 0) is 47.4 Å². The van der Waals surface area contributed by atoms with Gasteiger partial charge in [-0.3, -0.25) is 4.90 Å². The summed E-state index contributed by atoms with van der Waals surface area (Å²) in [6.07, 6.45) is 2.40. The molecular formula is C27H33NO4. The lowest BCUT2D eigenvalue weighted by Gasteiger charge is -2.26. The highest BCUT2D eigenvalue weighted by Crippen LogP contribution is 2.31. The Hall–Kier alpha value is -2.60. The predicted molar refractivity (Wildman–Crippen MR) is 128 cm³/mol. The Morgan fingerprint density at radius 1 is 0.844 bits per heavy atom. The summed E-state index contributed by atoms with van der Waals surface area (Å²) in [6.45, 7) is 6.03. The number of benzene rings is 3. The zero-order valence-electron chi connectivity index (χ0n) is 18.7. The quantitative estimate of drug-likeness (QED) is 0.455. The van der Waals surface area contributed by atoms with E-state index < -0.39 is 0 Å². The normalized spacial score (nSPS) is 14.5. The molecule has 1 heterocycles. The van der Waals surface area contributed by atoms with Gasteiger partial charge in [0.2, 0.25) is 0 Å². The van der Waals surface area contributed by atoms with Gasteiger partial charge in [-0.15, -0.1) is 0 Å². The first-order valence-corrected chi connectivity index (χ1v) is 11.6. The zero-order valence-corrected chi connectivity index (χ0v) is 18.7. The molecule has 5 nitrogen and oxygen atoms in total. The molecule has 3 aromatic carbocycles. The van der Waals surface area contributed by atoms with E-state index in [1.54, 1.807) is 0 Å². The number of unbranched alkanes of at least 4 members (excludes halogenated alkanes) is 1. The first-order valence-electron chi connectivity index (χ1n) is 11.6. The Morgan fingerprint density at radius 2 is 1.66 bits per heavy atom. The summed E-state index contributed by atoms with van der Waals surface area (Å²) in [6, 6.07) is 21.0. The van der Waals surface area contributed by atoms with Gasteiger partial charge >= 0.3 is 0 Å². The van der Waals surface area contributed by atoms with Crippen molar-refractivity contribution in [2.24, 2.45) is 0 Å². The van der Waals surface area contributed by atoms with E-state index in [0.717, 1.165) is 63.6 Å². The van der Waals surface area contributed by atoms with Gasteiger partial charge in [-0.2, -0.15) is 0 Å². The Morgan fingerprint density at radius 3 is 2.47 bits per heavy atom. The Labute approximate surface area is 190 Å². The van der Waals surface area contributed by atoms with Crippen LogP contribution in [0, 0.1) is 0 Å². The highest BCUT2D eigenvalue weighted by atomic mass is 16.5. The van der Waals surface area contributed by atoms with Gasteiger partial charge in [-0.1, -0.05) is 42.5 Å². The monoisotopic (exact) mass is 435 g/mol. The number of aliphatic hydroxyl groups excluding tert-OH is 1. The fraction of sp³-hybridized carbons (Fsp3) is 0.407. The van der Waals surface area contributed by atoms with Crippen molar-refractivity contribution in [2.45, 2.75) is 19.3 Å². The van der Waals surface area contributed by atoms with E-state index in [1.165, 1.54) is 21.9 Å². The first kappa shape index (κ1) is 22.6. The number of hydrogen-bond donors (Lipinski definition) is 1. The molecule has 5 heteroatoms. The average molecular weight is 436 g/mol. The van der Waals surface area contributed by atoms with E-state index in [2.05, 4.69) is 65.6 Å². The van der Waals surface area contributed by atoms with Crippen LogP contribution in [0.25, 0.3) is 10.8 Å². The van der Waals surface area contributed by atoms with E-state index in [-0.39, 0.29) is 6.61 Å². The van der Waals surface area contributed by atoms with Gasteiger partial charge in [0.25, 0.3) is 0 Å². The lowest BCUT2D eigenvalue weighted by Crippen LogP contribution is -2.38. The Bertz CT molecular complexity index is 967. The molecule has 1 aliphatic rings. The molecule has 3 aromatic rings. The molecule has 0 unspecified atom stereocenters. The molecule has 1 N–H and O–H groups in total. The molecule has 0 amide bonds. The minimum atomic E-state index is 0.203. The van der Waals surface area contributed by atoms with Crippen LogP contribution in [0.5, 0.6) is 11.5 Å². The van der Waals surface area contributed by atoms with Gasteiger partial charge in [0.15, 0.2) is 0 Å². The van der Waals surface area contributed by atoms with Gasteiger partial charge in [0.05, 0.1) is 19.8 Å². The first-order chi connectivity index (χ1) is 15.8. The third-order valence-electron chi connectivity index (χ3n) is 5.89. The molecule has 0 atom stereocenters. The molecule has 0 aliphatic carbocycles. The third-order valence-corrected chi connectivity index (χ3v) is 5.89. The van der Waals surface area contributed by atoms with Crippen LogP contribution in [-0.2, 0) is 11.2 Å². The molecule has 0 saturated carbocycles. The van der Waals surface area contributed by atoms with Crippen molar-refractivity contribution in [3.05, 3.63) is 71.8 Å². The van der Waals surface area contributed by atoms with Gasteiger partial charge in [0.1, 0.15) is 18.1 Å². The predicted octanol–water partition coefficient (Wildman–Crippen LogP) is 4.29. The molecule has 0 aromatic heterocycles. The molecule has 0 bridgehead atoms. The molecular weight excluding hydrogens is 402 g/mol. The number of hydrogen-bond acceptors (Lipinski definition) is 5. The highest BCUT2D eigenvalue weighted by molar-refractivity contribution is 5.88. The number of morpholine rings is 1. The summed E-state index contributed by atoms with van der Waals surface area (Å²) >= 11 is 0. The van der Waals surface area contributed by atoms with Crippen molar-refractivity contribution in [1.82, 2.24) is 4.90 Å². The summed E-state index contributed by atoms with van der Waals surface area (Å²) in [7, 11) is 0. The average Bonchev–Trinajstić information content (AvgIpc) is 2.84. The van der Waals surface area contributed by atoms with Crippen molar-refractivity contribution >= 4 is 10.8 Å². The van der Waals surface area contributed by atoms with Crippen LogP contribution in [-0.4, -0.2) is 62.7 Å². The summed E-state index contributed by atoms with van der Waals surface area (Å²) < 4.78 is 17.5. The lowest BCUT2D eigenvalue weighted by molar-refractivity contribution is 0.0322. The smallest absolute Gasteiger partial charge is 0.123 e. The second-order valence-electron chi connectivity index (χ2n) is 8.17. The second-order valence-corrected chi connectivity index (χ2v) is 8.17. The van der Waals surface area contributed by atoms with Crippen LogP contribution in [0.15, 0.2) is 60.7 Å². The summed E-state index contributed by atoms with van der Waals surface area (Å²) in [5.74, 6) is 1.83. The third kappa shape index (κ3) is 6.22. The van der Waals surface area contributed by atoms with E-state index >= 15 is 0 Å². The van der Waals surface area contributed by atoms with Crippen molar-refractivity contribution in [1.29, 1.82) is 0 Å². The van der Waals surface area contributed by atoms with Crippen LogP contribution in [0.3, 0.4) is 0 Å². The summed E-state index contributed by atoms with van der Waals surface area (Å²) in [5.41, 5.74) is 2.43. The summed E-state index contributed by atoms with van der Waals surface area (Å²) in [4.78, 5) is 2.38. The minimum absolute atomic E-state index is 0.203. The SMILES string of the molecule is OCCCCOc1ccc2ccccc2c1Cc1ccc(OCCN2CCOCC2)cc1. The molecule has 1 aliphatic heterocycles. The fourth-order valence-corrected chi connectivity index (χ4v) is 4.05. The van der Waals surface area contributed by atoms with Crippen LogP contribution >= 0.6 is 0 Å². The Balaban J connectivity index is 1.41. The number of nitrogens with zero attached hydrogens (tertiary/aromatic N) is 1. The van der Waals surface area contributed by atoms with E-state index in [1.807, 2.05) is 0 Å². The van der Waals surface area contributed by atoms with Gasteiger partial charge in [-0.25, -0.2) is 0 Å². The maximum Gasteiger partial charge on any atom is 0.123 e. The van der Waals surface area contributed by atoms with Crippen molar-refractivity contribution < 1.29 is 19.3 Å². The van der Waals surface area contributed by atoms with Gasteiger partial charge in [0, 0.05) is 38.2 Å². The highest BCUT2D eigenvalue weighted by Gasteiger charge is 2.11. The lowest BCUT2D eigenvalue weighted by atomic mass is 9.97. The number of rotatable bonds is 11. The van der Waals surface area contributed by atoms with Gasteiger partial charge < -0.3 is 19.3 Å². The fourth-order valence-electron chi connectivity index (χ4n) is 4.05. The van der Waals surface area contributed by atoms with Crippen LogP contribution < -0.4 is 9.47 Å². The number of aliphatic hydroxyl groups is 1. The Kier molecular flexibility index (Phi) is 8.37. The minimum Gasteiger partial charge on any atom is -0.493 e. The van der Waals surface area contributed by atoms with E-state index in [9.17, 15) is 0 Å². The topological polar surface area (TPSA) is 51.2 Å². The van der Waals surface area contributed by atoms with Crippen LogP contribution in [0.2, 0.25) is 0 Å². The van der Waals surface area contributed by atoms with Crippen molar-refractivity contribution in [3.8, 4) is 11.5 Å². The van der Waals surface area contributed by atoms with E-state index in [4.69, 9.17) is 19.3 Å². The molecule has 32 heavy (non-hydrogen) atoms. The largest absolute Gasteiger partial charge is 0.493 e. The van der Waals surface area contributed by atoms with Crippen molar-refractivity contribution in [2.75, 3.05) is 52.7 Å². The summed E-state index contributed by atoms with van der Waals surface area (Å²) in [5, 5.41) is 11.5. The molecule has 4 rings (SSSR count). The van der Waals surface area contributed by atoms with Crippen LogP contribution in [0.4, 0.5) is 0 Å². The zero-order chi connectivity index (χ0) is 22.0. The number of ether oxygens (including phenoxy) is 3. The second kappa shape index (κ2) is 11.9. The molecule has 170 valence electrons. The number of fused-ring (bicyclic) bond motifs is 1. The maximum atomic E-state index is 9.02. The van der Waals surface area contributed by atoms with Crippen molar-refractivity contribution in [3.63, 3.8) is 0 Å². The van der Waals surface area contributed by atoms with Crippen LogP contribution in [0.1, 0.15) is 24.0 Å². The maximum absolute atomic E-state index is 9.02. The molecule has 1 fully saturated rings. The molecule has 0 radical (unpaired) electrons. The molecule has 0 spiro atoms. The van der Waals surface area contributed by atoms with E-state index in [0.29, 0.717) is 13.2 Å². The molecule has 1 saturated heterocycles. The standard InChI is InChI=1S/C27H33NO4/c29-16-3-4-17-32-27-12-9-23-5-1-2-6-25(23)26(27)21-22-7-10-24(11-8-22)31-20-15-28-13-18-30-19-14-28/h1-2,5-12,29H,3-4,13-21H2.